The Morgan fingerprint density at radius 2 is 2.23 bits per heavy atom. The number of aromatic nitrogens is 1. The van der Waals surface area contributed by atoms with Crippen LogP contribution in [0.15, 0.2) is 24.4 Å². The van der Waals surface area contributed by atoms with E-state index >= 15 is 0 Å². The summed E-state index contributed by atoms with van der Waals surface area (Å²) in [6.45, 7) is 2.60. The number of carboxylic acids is 1. The molecule has 116 valence electrons. The Hall–Kier alpha value is -2.30. The monoisotopic (exact) mass is 300 g/mol. The third kappa shape index (κ3) is 2.71. The van der Waals surface area contributed by atoms with Crippen molar-refractivity contribution < 1.29 is 14.7 Å². The smallest absolute Gasteiger partial charge is 0.326 e. The third-order valence-electron chi connectivity index (χ3n) is 4.39. The van der Waals surface area contributed by atoms with E-state index in [2.05, 4.69) is 17.1 Å². The molecule has 0 spiro atoms. The van der Waals surface area contributed by atoms with Crippen molar-refractivity contribution >= 4 is 22.8 Å². The largest absolute Gasteiger partial charge is 0.480 e. The van der Waals surface area contributed by atoms with Gasteiger partial charge in [0.2, 0.25) is 5.91 Å². The first-order valence-corrected chi connectivity index (χ1v) is 7.65. The molecule has 22 heavy (non-hydrogen) atoms. The highest BCUT2D eigenvalue weighted by atomic mass is 16.4. The Balaban J connectivity index is 1.70. The second-order valence-electron chi connectivity index (χ2n) is 5.95. The van der Waals surface area contributed by atoms with Crippen LogP contribution in [0.2, 0.25) is 0 Å². The van der Waals surface area contributed by atoms with Crippen LogP contribution in [-0.4, -0.2) is 39.5 Å². The highest BCUT2D eigenvalue weighted by molar-refractivity contribution is 5.86. The molecule has 0 saturated carbocycles. The molecule has 1 atom stereocenters. The minimum Gasteiger partial charge on any atom is -0.480 e. The average molecular weight is 300 g/mol. The van der Waals surface area contributed by atoms with E-state index in [1.165, 1.54) is 10.5 Å². The first-order valence-electron chi connectivity index (χ1n) is 7.65. The quantitative estimate of drug-likeness (QED) is 0.911. The van der Waals surface area contributed by atoms with E-state index in [0.29, 0.717) is 25.8 Å². The SMILES string of the molecule is Cc1ccc2[nH]cc(CCC(=O)N3CCCC3C(=O)O)c2c1. The standard InChI is InChI=1S/C17H20N2O3/c1-11-4-6-14-13(9-11)12(10-18-14)5-7-16(20)19-8-2-3-15(19)17(21)22/h4,6,9-10,15,18H,2-3,5,7-8H2,1H3,(H,21,22). The van der Waals surface area contributed by atoms with Gasteiger partial charge in [0.15, 0.2) is 0 Å². The number of carbonyl (C=O) groups excluding carboxylic acids is 1. The van der Waals surface area contributed by atoms with Gasteiger partial charge in [-0.3, -0.25) is 4.79 Å². The molecular weight excluding hydrogens is 280 g/mol. The van der Waals surface area contributed by atoms with E-state index in [-0.39, 0.29) is 5.91 Å². The lowest BCUT2D eigenvalue weighted by Gasteiger charge is -2.21. The van der Waals surface area contributed by atoms with Crippen molar-refractivity contribution in [3.05, 3.63) is 35.5 Å². The molecule has 1 unspecified atom stereocenters. The van der Waals surface area contributed by atoms with Gasteiger partial charge in [-0.2, -0.15) is 0 Å². The van der Waals surface area contributed by atoms with Gasteiger partial charge in [0, 0.05) is 30.1 Å². The van der Waals surface area contributed by atoms with Crippen LogP contribution in [0.5, 0.6) is 0 Å². The molecule has 1 aliphatic rings. The molecule has 0 bridgehead atoms. The van der Waals surface area contributed by atoms with Crippen LogP contribution in [0, 0.1) is 6.92 Å². The van der Waals surface area contributed by atoms with E-state index in [1.807, 2.05) is 19.2 Å². The summed E-state index contributed by atoms with van der Waals surface area (Å²) in [7, 11) is 0. The Morgan fingerprint density at radius 1 is 1.41 bits per heavy atom. The number of nitrogens with one attached hydrogen (secondary N) is 1. The summed E-state index contributed by atoms with van der Waals surface area (Å²) < 4.78 is 0. The summed E-state index contributed by atoms with van der Waals surface area (Å²) in [5.74, 6) is -0.958. The number of nitrogens with zero attached hydrogens (tertiary/aromatic N) is 1. The van der Waals surface area contributed by atoms with Crippen LogP contribution in [0.25, 0.3) is 10.9 Å². The molecule has 1 amide bonds. The van der Waals surface area contributed by atoms with Gasteiger partial charge in [0.1, 0.15) is 6.04 Å². The first kappa shape index (κ1) is 14.6. The normalized spacial score (nSPS) is 18.0. The predicted octanol–water partition coefficient (Wildman–Crippen LogP) is 2.48. The lowest BCUT2D eigenvalue weighted by Crippen LogP contribution is -2.40. The lowest BCUT2D eigenvalue weighted by atomic mass is 10.1. The van der Waals surface area contributed by atoms with Gasteiger partial charge in [0.25, 0.3) is 0 Å². The number of carbonyl (C=O) groups is 2. The highest BCUT2D eigenvalue weighted by Crippen LogP contribution is 2.23. The maximum Gasteiger partial charge on any atom is 0.326 e. The number of rotatable bonds is 4. The van der Waals surface area contributed by atoms with Crippen molar-refractivity contribution in [2.75, 3.05) is 6.54 Å². The van der Waals surface area contributed by atoms with Crippen molar-refractivity contribution in [3.8, 4) is 0 Å². The van der Waals surface area contributed by atoms with E-state index in [4.69, 9.17) is 5.11 Å². The molecule has 5 nitrogen and oxygen atoms in total. The number of aryl methyl sites for hydroxylation is 2. The number of aliphatic carboxylic acids is 1. The van der Waals surface area contributed by atoms with Gasteiger partial charge in [-0.1, -0.05) is 11.6 Å². The molecule has 1 fully saturated rings. The summed E-state index contributed by atoms with van der Waals surface area (Å²) in [5, 5.41) is 10.3. The molecule has 2 heterocycles. The fourth-order valence-corrected chi connectivity index (χ4v) is 3.21. The van der Waals surface area contributed by atoms with Crippen molar-refractivity contribution in [2.24, 2.45) is 0 Å². The number of aromatic amines is 1. The number of carboxylic acid groups (broad SMARTS) is 1. The van der Waals surface area contributed by atoms with E-state index in [1.54, 1.807) is 0 Å². The predicted molar refractivity (Wildman–Crippen MR) is 83.7 cm³/mol. The Kier molecular flexibility index (Phi) is 3.88. The van der Waals surface area contributed by atoms with Crippen LogP contribution >= 0.6 is 0 Å². The molecule has 3 rings (SSSR count). The third-order valence-corrected chi connectivity index (χ3v) is 4.39. The average Bonchev–Trinajstić information content (AvgIpc) is 3.11. The lowest BCUT2D eigenvalue weighted by molar-refractivity contribution is -0.148. The molecule has 0 radical (unpaired) electrons. The van der Waals surface area contributed by atoms with Crippen LogP contribution in [0.1, 0.15) is 30.4 Å². The van der Waals surface area contributed by atoms with Crippen molar-refractivity contribution in [2.45, 2.75) is 38.6 Å². The molecule has 5 heteroatoms. The van der Waals surface area contributed by atoms with Crippen LogP contribution in [0.3, 0.4) is 0 Å². The maximum atomic E-state index is 12.3. The molecule has 2 N–H and O–H groups in total. The zero-order chi connectivity index (χ0) is 15.7. The molecule has 1 aromatic carbocycles. The second-order valence-corrected chi connectivity index (χ2v) is 5.95. The minimum absolute atomic E-state index is 0.0631. The highest BCUT2D eigenvalue weighted by Gasteiger charge is 2.33. The topological polar surface area (TPSA) is 73.4 Å². The van der Waals surface area contributed by atoms with E-state index < -0.39 is 12.0 Å². The number of amides is 1. The molecule has 1 saturated heterocycles. The molecular formula is C17H20N2O3. The van der Waals surface area contributed by atoms with Crippen molar-refractivity contribution in [3.63, 3.8) is 0 Å². The zero-order valence-corrected chi connectivity index (χ0v) is 12.6. The van der Waals surface area contributed by atoms with Crippen molar-refractivity contribution in [1.29, 1.82) is 0 Å². The van der Waals surface area contributed by atoms with Gasteiger partial charge in [-0.25, -0.2) is 4.79 Å². The Labute approximate surface area is 128 Å². The summed E-state index contributed by atoms with van der Waals surface area (Å²) in [5.41, 5.74) is 3.36. The summed E-state index contributed by atoms with van der Waals surface area (Å²) in [6.07, 6.45) is 4.26. The zero-order valence-electron chi connectivity index (χ0n) is 12.6. The van der Waals surface area contributed by atoms with Gasteiger partial charge in [-0.05, 0) is 43.9 Å². The molecule has 1 aromatic heterocycles. The van der Waals surface area contributed by atoms with Crippen LogP contribution < -0.4 is 0 Å². The van der Waals surface area contributed by atoms with E-state index in [0.717, 1.165) is 22.9 Å². The van der Waals surface area contributed by atoms with Crippen LogP contribution in [-0.2, 0) is 16.0 Å². The number of hydrogen-bond donors (Lipinski definition) is 2. The van der Waals surface area contributed by atoms with Gasteiger partial charge in [-0.15, -0.1) is 0 Å². The Bertz CT molecular complexity index is 720. The summed E-state index contributed by atoms with van der Waals surface area (Å²) in [4.78, 5) is 28.2. The fraction of sp³-hybridized carbons (Fsp3) is 0.412. The van der Waals surface area contributed by atoms with Crippen LogP contribution in [0.4, 0.5) is 0 Å². The molecule has 1 aliphatic heterocycles. The van der Waals surface area contributed by atoms with Gasteiger partial charge in [0.05, 0.1) is 0 Å². The Morgan fingerprint density at radius 3 is 3.00 bits per heavy atom. The number of fused-ring (bicyclic) bond motifs is 1. The molecule has 0 aliphatic carbocycles. The fourth-order valence-electron chi connectivity index (χ4n) is 3.21. The molecule has 2 aromatic rings. The van der Waals surface area contributed by atoms with Gasteiger partial charge >= 0.3 is 5.97 Å². The summed E-state index contributed by atoms with van der Waals surface area (Å²) >= 11 is 0. The minimum atomic E-state index is -0.895. The second kappa shape index (κ2) is 5.83. The number of H-pyrrole nitrogens is 1. The van der Waals surface area contributed by atoms with E-state index in [9.17, 15) is 9.59 Å². The number of benzene rings is 1. The first-order chi connectivity index (χ1) is 10.6. The number of likely N-dealkylation sites (tertiary alicyclic amines) is 1. The summed E-state index contributed by atoms with van der Waals surface area (Å²) in [6, 6.07) is 5.56. The maximum absolute atomic E-state index is 12.3. The number of hydrogen-bond acceptors (Lipinski definition) is 2. The van der Waals surface area contributed by atoms with Crippen molar-refractivity contribution in [1.82, 2.24) is 9.88 Å². The van der Waals surface area contributed by atoms with Gasteiger partial charge < -0.3 is 15.0 Å².